The summed E-state index contributed by atoms with van der Waals surface area (Å²) in [6.45, 7) is 0. The Kier molecular flexibility index (Phi) is 2.93. The van der Waals surface area contributed by atoms with Gasteiger partial charge in [-0.3, -0.25) is 0 Å². The van der Waals surface area contributed by atoms with Crippen molar-refractivity contribution in [3.63, 3.8) is 0 Å². The van der Waals surface area contributed by atoms with Crippen molar-refractivity contribution in [2.75, 3.05) is 19.5 Å². The van der Waals surface area contributed by atoms with Crippen LogP contribution in [0.4, 0.5) is 5.82 Å². The quantitative estimate of drug-likeness (QED) is 0.789. The molecule has 88 valence electrons. The van der Waals surface area contributed by atoms with Crippen LogP contribution in [0.2, 0.25) is 0 Å². The van der Waals surface area contributed by atoms with E-state index in [1.54, 1.807) is 25.2 Å². The lowest BCUT2D eigenvalue weighted by Gasteiger charge is -2.15. The van der Waals surface area contributed by atoms with Crippen molar-refractivity contribution in [3.05, 3.63) is 35.9 Å². The minimum Gasteiger partial charge on any atom is -0.478 e. The van der Waals surface area contributed by atoms with E-state index in [0.717, 1.165) is 10.9 Å². The molecule has 5 heteroatoms. The fraction of sp³-hybridized carbons (Fsp3) is 0.167. The Hall–Kier alpha value is -2.14. The van der Waals surface area contributed by atoms with Gasteiger partial charge in [-0.2, -0.15) is 0 Å². The molecule has 0 fully saturated rings. The molecule has 0 aliphatic rings. The van der Waals surface area contributed by atoms with Crippen LogP contribution in [-0.2, 0) is 0 Å². The minimum absolute atomic E-state index is 0.164. The van der Waals surface area contributed by atoms with Crippen LogP contribution in [0, 0.1) is 0 Å². The molecule has 1 aromatic carbocycles. The van der Waals surface area contributed by atoms with Crippen molar-refractivity contribution in [1.29, 1.82) is 0 Å². The molecular formula is C12H13N3O2. The lowest BCUT2D eigenvalue weighted by atomic mass is 10.1. The number of hydrogen-bond acceptors (Lipinski definition) is 4. The Bertz CT molecular complexity index is 567. The number of nitrogens with zero attached hydrogens (tertiary/aromatic N) is 2. The highest BCUT2D eigenvalue weighted by atomic mass is 16.4. The maximum atomic E-state index is 11.1. The number of carbonyl (C=O) groups is 1. The molecule has 17 heavy (non-hydrogen) atoms. The van der Waals surface area contributed by atoms with Crippen molar-refractivity contribution >= 4 is 22.7 Å². The summed E-state index contributed by atoms with van der Waals surface area (Å²) in [7, 11) is 3.56. The van der Waals surface area contributed by atoms with Gasteiger partial charge >= 0.3 is 5.97 Å². The van der Waals surface area contributed by atoms with Gasteiger partial charge in [-0.05, 0) is 12.1 Å². The third-order valence-corrected chi connectivity index (χ3v) is 2.28. The lowest BCUT2D eigenvalue weighted by molar-refractivity contribution is 0.0697. The number of para-hydroxylation sites is 1. The smallest absolute Gasteiger partial charge is 0.339 e. The zero-order chi connectivity index (χ0) is 12.4. The number of aromatic nitrogens is 1. The fourth-order valence-electron chi connectivity index (χ4n) is 1.58. The molecule has 5 nitrogen and oxygen atoms in total. The fourth-order valence-corrected chi connectivity index (χ4v) is 1.58. The van der Waals surface area contributed by atoms with E-state index >= 15 is 0 Å². The number of carboxylic acids is 1. The normalized spacial score (nSPS) is 10.8. The van der Waals surface area contributed by atoms with Gasteiger partial charge in [0.15, 0.2) is 5.82 Å². The Morgan fingerprint density at radius 2 is 2.06 bits per heavy atom. The molecule has 0 aliphatic carbocycles. The summed E-state index contributed by atoms with van der Waals surface area (Å²) in [4.78, 5) is 15.5. The first-order valence-electron chi connectivity index (χ1n) is 5.15. The Labute approximate surface area is 98.7 Å². The van der Waals surface area contributed by atoms with Gasteiger partial charge in [0.05, 0.1) is 5.52 Å². The van der Waals surface area contributed by atoms with Gasteiger partial charge < -0.3 is 10.5 Å². The van der Waals surface area contributed by atoms with E-state index in [-0.39, 0.29) is 5.56 Å². The second-order valence-electron chi connectivity index (χ2n) is 3.89. The third kappa shape index (κ3) is 2.34. The largest absolute Gasteiger partial charge is 0.478 e. The van der Waals surface area contributed by atoms with Gasteiger partial charge in [0.2, 0.25) is 0 Å². The Morgan fingerprint density at radius 1 is 1.35 bits per heavy atom. The van der Waals surface area contributed by atoms with Gasteiger partial charge in [0, 0.05) is 19.5 Å². The lowest BCUT2D eigenvalue weighted by Crippen LogP contribution is -2.22. The first kappa shape index (κ1) is 11.3. The minimum atomic E-state index is -0.993. The number of anilines is 1. The number of hydrazine groups is 1. The third-order valence-electron chi connectivity index (χ3n) is 2.28. The van der Waals surface area contributed by atoms with Crippen LogP contribution in [0.5, 0.6) is 0 Å². The monoisotopic (exact) mass is 231 g/mol. The van der Waals surface area contributed by atoms with E-state index in [0.29, 0.717) is 5.82 Å². The van der Waals surface area contributed by atoms with Crippen LogP contribution in [0.1, 0.15) is 10.4 Å². The number of carboxylic acid groups (broad SMARTS) is 1. The average Bonchev–Trinajstić information content (AvgIpc) is 2.27. The molecule has 0 radical (unpaired) electrons. The molecule has 2 rings (SSSR count). The molecule has 0 unspecified atom stereocenters. The molecule has 1 aromatic heterocycles. The molecule has 2 N–H and O–H groups in total. The first-order chi connectivity index (χ1) is 8.08. The van der Waals surface area contributed by atoms with Crippen LogP contribution >= 0.6 is 0 Å². The van der Waals surface area contributed by atoms with Crippen LogP contribution in [0.3, 0.4) is 0 Å². The van der Waals surface area contributed by atoms with Gasteiger partial charge in [-0.25, -0.2) is 14.8 Å². The molecule has 1 heterocycles. The van der Waals surface area contributed by atoms with Crippen molar-refractivity contribution in [2.45, 2.75) is 0 Å². The number of hydrogen-bond donors (Lipinski definition) is 2. The molecule has 0 spiro atoms. The number of pyridine rings is 1. The number of aromatic carboxylic acids is 1. The van der Waals surface area contributed by atoms with Gasteiger partial charge in [-0.15, -0.1) is 0 Å². The van der Waals surface area contributed by atoms with Crippen molar-refractivity contribution in [1.82, 2.24) is 9.99 Å². The SMILES string of the molecule is CN(C)Nc1nc2ccccc2cc1C(=O)O. The van der Waals surface area contributed by atoms with Crippen molar-refractivity contribution in [3.8, 4) is 0 Å². The summed E-state index contributed by atoms with van der Waals surface area (Å²) in [6.07, 6.45) is 0. The predicted molar refractivity (Wildman–Crippen MR) is 66.0 cm³/mol. The first-order valence-corrected chi connectivity index (χ1v) is 5.15. The summed E-state index contributed by atoms with van der Waals surface area (Å²) >= 11 is 0. The van der Waals surface area contributed by atoms with Crippen molar-refractivity contribution < 1.29 is 9.90 Å². The highest BCUT2D eigenvalue weighted by Gasteiger charge is 2.13. The molecular weight excluding hydrogens is 218 g/mol. The average molecular weight is 231 g/mol. The van der Waals surface area contributed by atoms with Gasteiger partial charge in [-0.1, -0.05) is 18.2 Å². The zero-order valence-electron chi connectivity index (χ0n) is 9.64. The molecule has 0 saturated carbocycles. The van der Waals surface area contributed by atoms with Gasteiger partial charge in [0.1, 0.15) is 5.56 Å². The molecule has 2 aromatic rings. The maximum absolute atomic E-state index is 11.1. The van der Waals surface area contributed by atoms with Crippen LogP contribution in [0.25, 0.3) is 10.9 Å². The number of fused-ring (bicyclic) bond motifs is 1. The maximum Gasteiger partial charge on any atom is 0.339 e. The van der Waals surface area contributed by atoms with Crippen LogP contribution in [-0.4, -0.2) is 35.2 Å². The molecule has 0 atom stereocenters. The summed E-state index contributed by atoms with van der Waals surface area (Å²) in [6, 6.07) is 9.04. The van der Waals surface area contributed by atoms with E-state index in [9.17, 15) is 4.79 Å². The molecule has 0 aliphatic heterocycles. The van der Waals surface area contributed by atoms with E-state index in [2.05, 4.69) is 10.4 Å². The number of nitrogens with one attached hydrogen (secondary N) is 1. The van der Waals surface area contributed by atoms with E-state index in [1.165, 1.54) is 0 Å². The number of rotatable bonds is 3. The second-order valence-corrected chi connectivity index (χ2v) is 3.89. The summed E-state index contributed by atoms with van der Waals surface area (Å²) in [5.74, 6) is -0.645. The van der Waals surface area contributed by atoms with E-state index < -0.39 is 5.97 Å². The van der Waals surface area contributed by atoms with E-state index in [1.807, 2.05) is 24.3 Å². The number of benzene rings is 1. The zero-order valence-corrected chi connectivity index (χ0v) is 9.64. The Balaban J connectivity index is 2.62. The predicted octanol–water partition coefficient (Wildman–Crippen LogP) is 1.82. The summed E-state index contributed by atoms with van der Waals surface area (Å²) < 4.78 is 0. The molecule has 0 saturated heterocycles. The van der Waals surface area contributed by atoms with Crippen LogP contribution in [0.15, 0.2) is 30.3 Å². The van der Waals surface area contributed by atoms with E-state index in [4.69, 9.17) is 5.11 Å². The highest BCUT2D eigenvalue weighted by Crippen LogP contribution is 2.20. The summed E-state index contributed by atoms with van der Waals surface area (Å²) in [5, 5.41) is 11.6. The molecule has 0 bridgehead atoms. The highest BCUT2D eigenvalue weighted by molar-refractivity contribution is 5.97. The second kappa shape index (κ2) is 4.39. The Morgan fingerprint density at radius 3 is 2.71 bits per heavy atom. The van der Waals surface area contributed by atoms with Gasteiger partial charge in [0.25, 0.3) is 0 Å². The van der Waals surface area contributed by atoms with Crippen LogP contribution < -0.4 is 5.43 Å². The van der Waals surface area contributed by atoms with Crippen molar-refractivity contribution in [2.24, 2.45) is 0 Å². The molecule has 0 amide bonds. The standard InChI is InChI=1S/C12H13N3O2/c1-15(2)14-11-9(12(16)17)7-8-5-3-4-6-10(8)13-11/h3-7H,1-2H3,(H,13,14)(H,16,17). The summed E-state index contributed by atoms with van der Waals surface area (Å²) in [5.41, 5.74) is 3.82. The topological polar surface area (TPSA) is 65.5 Å².